The highest BCUT2D eigenvalue weighted by atomic mass is 79.9. The summed E-state index contributed by atoms with van der Waals surface area (Å²) < 4.78 is 10.2. The maximum absolute atomic E-state index is 13.0. The lowest BCUT2D eigenvalue weighted by molar-refractivity contribution is 0.0995. The van der Waals surface area contributed by atoms with E-state index in [9.17, 15) is 4.79 Å². The molecule has 28 heavy (non-hydrogen) atoms. The number of hydrogen-bond donors (Lipinski definition) is 0. The fraction of sp³-hybridized carbons (Fsp3) is 0.0952. The first-order chi connectivity index (χ1) is 13.5. The van der Waals surface area contributed by atoms with Gasteiger partial charge in [-0.2, -0.15) is 4.98 Å². The van der Waals surface area contributed by atoms with Crippen molar-refractivity contribution in [3.8, 4) is 11.4 Å². The van der Waals surface area contributed by atoms with Crippen LogP contribution in [0.5, 0.6) is 0 Å². The van der Waals surface area contributed by atoms with Crippen LogP contribution < -0.4 is 0 Å². The van der Waals surface area contributed by atoms with Gasteiger partial charge in [-0.1, -0.05) is 39.3 Å². The first-order valence-electron chi connectivity index (χ1n) is 8.70. The van der Waals surface area contributed by atoms with Crippen molar-refractivity contribution in [3.63, 3.8) is 0 Å². The van der Waals surface area contributed by atoms with Crippen LogP contribution in [0, 0.1) is 0 Å². The Labute approximate surface area is 168 Å². The molecular formula is C21H15BrN4O2. The molecule has 3 aromatic heterocycles. The second-order valence-corrected chi connectivity index (χ2v) is 7.65. The molecule has 0 radical (unpaired) electrons. The predicted octanol–water partition coefficient (Wildman–Crippen LogP) is 4.71. The summed E-state index contributed by atoms with van der Waals surface area (Å²) >= 11 is 3.50. The third kappa shape index (κ3) is 2.51. The number of ketones is 1. The normalized spacial score (nSPS) is 11.5. The van der Waals surface area contributed by atoms with E-state index in [0.29, 0.717) is 11.4 Å². The van der Waals surface area contributed by atoms with Crippen molar-refractivity contribution in [2.24, 2.45) is 14.1 Å². The van der Waals surface area contributed by atoms with Crippen molar-refractivity contribution in [1.82, 2.24) is 19.3 Å². The van der Waals surface area contributed by atoms with E-state index < -0.39 is 0 Å². The van der Waals surface area contributed by atoms with Gasteiger partial charge in [0.1, 0.15) is 0 Å². The smallest absolute Gasteiger partial charge is 0.299 e. The molecule has 138 valence electrons. The maximum Gasteiger partial charge on any atom is 0.299 e. The Balaban J connectivity index is 1.60. The molecular weight excluding hydrogens is 420 g/mol. The van der Waals surface area contributed by atoms with Crippen molar-refractivity contribution >= 4 is 43.5 Å². The van der Waals surface area contributed by atoms with Gasteiger partial charge in [0.05, 0.1) is 5.56 Å². The van der Waals surface area contributed by atoms with Crippen molar-refractivity contribution in [2.75, 3.05) is 0 Å². The number of aromatic nitrogens is 4. The largest absolute Gasteiger partial charge is 0.350 e. The molecule has 3 heterocycles. The Kier molecular flexibility index (Phi) is 3.73. The van der Waals surface area contributed by atoms with Crippen molar-refractivity contribution in [1.29, 1.82) is 0 Å². The Morgan fingerprint density at radius 3 is 2.61 bits per heavy atom. The highest BCUT2D eigenvalue weighted by Gasteiger charge is 2.23. The molecule has 0 aliphatic carbocycles. The number of aryl methyl sites for hydroxylation is 2. The number of rotatable bonds is 3. The second-order valence-electron chi connectivity index (χ2n) is 6.74. The van der Waals surface area contributed by atoms with Crippen LogP contribution in [-0.2, 0) is 14.1 Å². The Morgan fingerprint density at radius 1 is 1.00 bits per heavy atom. The van der Waals surface area contributed by atoms with Gasteiger partial charge < -0.3 is 13.7 Å². The molecule has 0 fully saturated rings. The van der Waals surface area contributed by atoms with Gasteiger partial charge in [-0.15, -0.1) is 0 Å². The number of carbonyl (C=O) groups excluding carboxylic acids is 1. The van der Waals surface area contributed by atoms with Crippen LogP contribution in [0.2, 0.25) is 0 Å². The number of halogens is 1. The minimum absolute atomic E-state index is 0.0154. The minimum atomic E-state index is -0.281. The van der Waals surface area contributed by atoms with Crippen LogP contribution in [0.4, 0.5) is 0 Å². The third-order valence-electron chi connectivity index (χ3n) is 4.95. The van der Waals surface area contributed by atoms with Gasteiger partial charge in [-0.05, 0) is 24.3 Å². The molecule has 5 aromatic rings. The van der Waals surface area contributed by atoms with Gasteiger partial charge in [-0.3, -0.25) is 4.79 Å². The fourth-order valence-corrected chi connectivity index (χ4v) is 3.97. The molecule has 0 saturated carbocycles. The number of benzene rings is 2. The zero-order valence-electron chi connectivity index (χ0n) is 15.2. The van der Waals surface area contributed by atoms with Crippen LogP contribution in [-0.4, -0.2) is 25.1 Å². The summed E-state index contributed by atoms with van der Waals surface area (Å²) in [5, 5.41) is 5.92. The summed E-state index contributed by atoms with van der Waals surface area (Å²) in [5.41, 5.74) is 3.39. The van der Waals surface area contributed by atoms with Crippen LogP contribution in [0.3, 0.4) is 0 Å². The third-order valence-corrected chi connectivity index (χ3v) is 5.45. The molecule has 0 saturated heterocycles. The molecule has 5 rings (SSSR count). The summed E-state index contributed by atoms with van der Waals surface area (Å²) in [6, 6.07) is 13.8. The first kappa shape index (κ1) is 16.9. The monoisotopic (exact) mass is 434 g/mol. The topological polar surface area (TPSA) is 65.8 Å². The SMILES string of the molecule is Cn1cc(C(=O)c2nc(-c3cn(C)c4ccc(Br)cc34)no2)c2ccccc21. The molecule has 7 heteroatoms. The maximum atomic E-state index is 13.0. The van der Waals surface area contributed by atoms with Crippen LogP contribution in [0.25, 0.3) is 33.2 Å². The molecule has 0 amide bonds. The highest BCUT2D eigenvalue weighted by molar-refractivity contribution is 9.10. The average molecular weight is 435 g/mol. The second kappa shape index (κ2) is 6.17. The zero-order chi connectivity index (χ0) is 19.4. The lowest BCUT2D eigenvalue weighted by atomic mass is 10.1. The molecule has 0 unspecified atom stereocenters. The minimum Gasteiger partial charge on any atom is -0.350 e. The van der Waals surface area contributed by atoms with Crippen molar-refractivity contribution in [2.45, 2.75) is 0 Å². The molecule has 2 aromatic carbocycles. The molecule has 0 bridgehead atoms. The van der Waals surface area contributed by atoms with Crippen LogP contribution in [0.15, 0.2) is 63.9 Å². The molecule has 0 spiro atoms. The highest BCUT2D eigenvalue weighted by Crippen LogP contribution is 2.31. The Bertz CT molecular complexity index is 1380. The Hall–Kier alpha value is -3.19. The van der Waals surface area contributed by atoms with E-state index in [1.54, 1.807) is 6.20 Å². The van der Waals surface area contributed by atoms with Gasteiger partial charge in [0.25, 0.3) is 11.7 Å². The van der Waals surface area contributed by atoms with Gasteiger partial charge >= 0.3 is 0 Å². The number of carbonyl (C=O) groups is 1. The fourth-order valence-electron chi connectivity index (χ4n) is 3.61. The molecule has 0 aliphatic rings. The molecule has 0 aliphatic heterocycles. The molecule has 0 N–H and O–H groups in total. The lowest BCUT2D eigenvalue weighted by Crippen LogP contribution is -2.01. The van der Waals surface area contributed by atoms with Gasteiger partial charge in [0, 0.05) is 58.3 Å². The van der Waals surface area contributed by atoms with Gasteiger partial charge in [0.15, 0.2) is 0 Å². The number of hydrogen-bond acceptors (Lipinski definition) is 4. The lowest BCUT2D eigenvalue weighted by Gasteiger charge is -1.96. The number of fused-ring (bicyclic) bond motifs is 2. The van der Waals surface area contributed by atoms with Crippen molar-refractivity contribution < 1.29 is 9.32 Å². The van der Waals surface area contributed by atoms with E-state index in [4.69, 9.17) is 4.52 Å². The number of para-hydroxylation sites is 1. The van der Waals surface area contributed by atoms with E-state index in [1.165, 1.54) is 0 Å². The van der Waals surface area contributed by atoms with E-state index >= 15 is 0 Å². The quantitative estimate of drug-likeness (QED) is 0.385. The molecule has 0 atom stereocenters. The zero-order valence-corrected chi connectivity index (χ0v) is 16.8. The Morgan fingerprint density at radius 2 is 1.75 bits per heavy atom. The number of nitrogens with zero attached hydrogens (tertiary/aromatic N) is 4. The van der Waals surface area contributed by atoms with E-state index in [2.05, 4.69) is 26.1 Å². The standard InChI is InChI=1S/C21H15BrN4O2/c1-25-10-15(13-5-3-4-6-17(13)25)19(27)21-23-20(24-28-21)16-11-26(2)18-8-7-12(22)9-14(16)18/h3-11H,1-2H3. The van der Waals surface area contributed by atoms with E-state index in [-0.39, 0.29) is 11.7 Å². The predicted molar refractivity (Wildman–Crippen MR) is 110 cm³/mol. The van der Waals surface area contributed by atoms with Gasteiger partial charge in [-0.25, -0.2) is 0 Å². The van der Waals surface area contributed by atoms with Crippen LogP contribution in [0.1, 0.15) is 16.2 Å². The average Bonchev–Trinajstić information content (AvgIpc) is 3.38. The summed E-state index contributed by atoms with van der Waals surface area (Å²) in [6.45, 7) is 0. The summed E-state index contributed by atoms with van der Waals surface area (Å²) in [5.74, 6) is 0.0996. The summed E-state index contributed by atoms with van der Waals surface area (Å²) in [4.78, 5) is 17.4. The van der Waals surface area contributed by atoms with Crippen molar-refractivity contribution in [3.05, 3.63) is 70.8 Å². The summed E-state index contributed by atoms with van der Waals surface area (Å²) in [6.07, 6.45) is 3.74. The first-order valence-corrected chi connectivity index (χ1v) is 9.49. The van der Waals surface area contributed by atoms with Gasteiger partial charge in [0.2, 0.25) is 5.82 Å². The van der Waals surface area contributed by atoms with Crippen LogP contribution >= 0.6 is 15.9 Å². The van der Waals surface area contributed by atoms with E-state index in [0.717, 1.165) is 31.8 Å². The summed E-state index contributed by atoms with van der Waals surface area (Å²) in [7, 11) is 3.87. The molecule has 6 nitrogen and oxygen atoms in total. The van der Waals surface area contributed by atoms with E-state index in [1.807, 2.05) is 71.9 Å².